The van der Waals surface area contributed by atoms with Gasteiger partial charge in [-0.15, -0.1) is 10.2 Å². The molecular weight excluding hydrogens is 348 g/mol. The first-order chi connectivity index (χ1) is 13.6. The van der Waals surface area contributed by atoms with E-state index in [2.05, 4.69) is 20.5 Å². The number of phenolic OH excluding ortho intramolecular Hbond substituents is 1. The fourth-order valence-corrected chi connectivity index (χ4v) is 3.48. The molecule has 0 aliphatic rings. The second-order valence-electron chi connectivity index (χ2n) is 6.72. The molecule has 5 heteroatoms. The van der Waals surface area contributed by atoms with Crippen LogP contribution in [0.1, 0.15) is 11.1 Å². The minimum Gasteiger partial charge on any atom is -0.505 e. The van der Waals surface area contributed by atoms with E-state index in [9.17, 15) is 5.11 Å². The third-order valence-corrected chi connectivity index (χ3v) is 4.83. The number of hydrogen-bond donors (Lipinski definition) is 1. The molecule has 0 saturated heterocycles. The van der Waals surface area contributed by atoms with E-state index >= 15 is 0 Å². The lowest BCUT2D eigenvalue weighted by molar-refractivity contribution is 0.482. The normalized spacial score (nSPS) is 12.0. The lowest BCUT2D eigenvalue weighted by atomic mass is 10.0. The molecule has 0 unspecified atom stereocenters. The summed E-state index contributed by atoms with van der Waals surface area (Å²) in [5.74, 6) is 0.151. The molecule has 0 bridgehead atoms. The highest BCUT2D eigenvalue weighted by Crippen LogP contribution is 2.41. The summed E-state index contributed by atoms with van der Waals surface area (Å²) >= 11 is 0. The van der Waals surface area contributed by atoms with E-state index in [0.29, 0.717) is 5.69 Å². The number of rotatable bonds is 3. The van der Waals surface area contributed by atoms with Gasteiger partial charge in [0.15, 0.2) is 5.75 Å². The van der Waals surface area contributed by atoms with Gasteiger partial charge in [-0.3, -0.25) is 0 Å². The van der Waals surface area contributed by atoms with Gasteiger partial charge in [0.2, 0.25) is 0 Å². The quantitative estimate of drug-likeness (QED) is 0.375. The number of aryl methyl sites for hydroxylation is 2. The van der Waals surface area contributed by atoms with Crippen LogP contribution in [0.2, 0.25) is 0 Å². The van der Waals surface area contributed by atoms with Crippen molar-refractivity contribution in [1.82, 2.24) is 0 Å². The van der Waals surface area contributed by atoms with Gasteiger partial charge in [0, 0.05) is 23.2 Å². The Morgan fingerprint density at radius 1 is 0.679 bits per heavy atom. The van der Waals surface area contributed by atoms with Crippen molar-refractivity contribution >= 4 is 38.6 Å². The maximum atomic E-state index is 10.7. The Morgan fingerprint density at radius 2 is 1.29 bits per heavy atom. The fourth-order valence-electron chi connectivity index (χ4n) is 3.48. The lowest BCUT2D eigenvalue weighted by Crippen LogP contribution is -1.82. The predicted molar refractivity (Wildman–Crippen MR) is 114 cm³/mol. The predicted octanol–water partition coefficient (Wildman–Crippen LogP) is 7.44. The summed E-state index contributed by atoms with van der Waals surface area (Å²) in [5.41, 5.74) is 3.87. The van der Waals surface area contributed by atoms with Crippen molar-refractivity contribution < 1.29 is 5.11 Å². The number of hydrogen-bond acceptors (Lipinski definition) is 5. The zero-order valence-electron chi connectivity index (χ0n) is 16.0. The first kappa shape index (κ1) is 17.8. The molecule has 0 aromatic heterocycles. The smallest absolute Gasteiger partial charge is 0.151 e. The second-order valence-corrected chi connectivity index (χ2v) is 6.72. The summed E-state index contributed by atoms with van der Waals surface area (Å²) in [6.07, 6.45) is 0. The van der Waals surface area contributed by atoms with Gasteiger partial charge in [0.05, 0.1) is 11.4 Å². The molecule has 5 nitrogen and oxygen atoms in total. The SMILES string of the molecule is CN=Nc1cc(C)c(N=Nc2c(C)cc3ccccc3c2O)c2ccccc12. The molecule has 4 aromatic rings. The molecule has 28 heavy (non-hydrogen) atoms. The Balaban J connectivity index is 1.90. The maximum Gasteiger partial charge on any atom is 0.151 e. The number of azo groups is 2. The van der Waals surface area contributed by atoms with Gasteiger partial charge < -0.3 is 5.11 Å². The Bertz CT molecular complexity index is 1260. The van der Waals surface area contributed by atoms with Crippen LogP contribution in [0, 0.1) is 13.8 Å². The topological polar surface area (TPSA) is 69.7 Å². The molecule has 4 rings (SSSR count). The molecule has 138 valence electrons. The fraction of sp³-hybridized carbons (Fsp3) is 0.130. The molecule has 0 heterocycles. The van der Waals surface area contributed by atoms with E-state index in [1.54, 1.807) is 7.05 Å². The standard InChI is InChI=1S/C23H20N4O/c1-14-12-16-8-4-5-9-17(16)23(28)22(14)27-26-21-15(2)13-20(25-24-3)18-10-6-7-11-19(18)21/h4-13,28H,1-3H3. The van der Waals surface area contributed by atoms with Crippen molar-refractivity contribution in [2.24, 2.45) is 20.5 Å². The third-order valence-electron chi connectivity index (χ3n) is 4.83. The highest BCUT2D eigenvalue weighted by atomic mass is 16.3. The Hall–Kier alpha value is -3.60. The van der Waals surface area contributed by atoms with Crippen molar-refractivity contribution in [3.63, 3.8) is 0 Å². The molecule has 4 aromatic carbocycles. The number of benzene rings is 4. The molecule has 0 fully saturated rings. The number of aromatic hydroxyl groups is 1. The zero-order valence-corrected chi connectivity index (χ0v) is 16.0. The van der Waals surface area contributed by atoms with Gasteiger partial charge in [-0.25, -0.2) is 0 Å². The van der Waals surface area contributed by atoms with Crippen LogP contribution in [0.15, 0.2) is 81.1 Å². The Kier molecular flexibility index (Phi) is 4.57. The van der Waals surface area contributed by atoms with Crippen molar-refractivity contribution in [2.75, 3.05) is 7.05 Å². The molecule has 0 saturated carbocycles. The van der Waals surface area contributed by atoms with Crippen molar-refractivity contribution in [3.8, 4) is 5.75 Å². The summed E-state index contributed by atoms with van der Waals surface area (Å²) in [6, 6.07) is 19.6. The van der Waals surface area contributed by atoms with E-state index in [1.165, 1.54) is 0 Å². The van der Waals surface area contributed by atoms with E-state index in [4.69, 9.17) is 0 Å². The molecule has 0 spiro atoms. The van der Waals surface area contributed by atoms with Gasteiger partial charge in [0.25, 0.3) is 0 Å². The maximum absolute atomic E-state index is 10.7. The second kappa shape index (κ2) is 7.19. The lowest BCUT2D eigenvalue weighted by Gasteiger charge is -2.09. The summed E-state index contributed by atoms with van der Waals surface area (Å²) in [5, 5.41) is 31.5. The van der Waals surface area contributed by atoms with Crippen LogP contribution in [-0.4, -0.2) is 12.2 Å². The average molecular weight is 368 g/mol. The van der Waals surface area contributed by atoms with Crippen LogP contribution >= 0.6 is 0 Å². The summed E-state index contributed by atoms with van der Waals surface area (Å²) in [6.45, 7) is 3.90. The van der Waals surface area contributed by atoms with Crippen molar-refractivity contribution in [2.45, 2.75) is 13.8 Å². The van der Waals surface area contributed by atoms with E-state index in [1.807, 2.05) is 74.5 Å². The molecular formula is C23H20N4O. The summed E-state index contributed by atoms with van der Waals surface area (Å²) < 4.78 is 0. The van der Waals surface area contributed by atoms with E-state index in [-0.39, 0.29) is 5.75 Å². The first-order valence-electron chi connectivity index (χ1n) is 9.05. The van der Waals surface area contributed by atoms with E-state index in [0.717, 1.165) is 44.0 Å². The highest BCUT2D eigenvalue weighted by molar-refractivity contribution is 6.01. The molecule has 0 atom stereocenters. The Morgan fingerprint density at radius 3 is 2.04 bits per heavy atom. The van der Waals surface area contributed by atoms with Crippen LogP contribution < -0.4 is 0 Å². The Labute approximate surface area is 163 Å². The van der Waals surface area contributed by atoms with Crippen LogP contribution in [0.4, 0.5) is 17.1 Å². The van der Waals surface area contributed by atoms with Gasteiger partial charge in [-0.2, -0.15) is 10.2 Å². The molecule has 0 amide bonds. The number of fused-ring (bicyclic) bond motifs is 2. The van der Waals surface area contributed by atoms with Crippen molar-refractivity contribution in [1.29, 1.82) is 0 Å². The average Bonchev–Trinajstić information content (AvgIpc) is 2.70. The van der Waals surface area contributed by atoms with Crippen LogP contribution in [-0.2, 0) is 0 Å². The zero-order chi connectivity index (χ0) is 19.7. The molecule has 0 aliphatic carbocycles. The minimum absolute atomic E-state index is 0.151. The van der Waals surface area contributed by atoms with Crippen LogP contribution in [0.3, 0.4) is 0 Å². The largest absolute Gasteiger partial charge is 0.505 e. The van der Waals surface area contributed by atoms with Crippen molar-refractivity contribution in [3.05, 3.63) is 71.8 Å². The van der Waals surface area contributed by atoms with Gasteiger partial charge in [0.1, 0.15) is 5.69 Å². The molecule has 0 radical (unpaired) electrons. The molecule has 0 aliphatic heterocycles. The molecule has 1 N–H and O–H groups in total. The number of nitrogens with zero attached hydrogens (tertiary/aromatic N) is 4. The minimum atomic E-state index is 0.151. The van der Waals surface area contributed by atoms with Gasteiger partial charge in [-0.05, 0) is 42.5 Å². The van der Waals surface area contributed by atoms with Crippen LogP contribution in [0.25, 0.3) is 21.5 Å². The summed E-state index contributed by atoms with van der Waals surface area (Å²) in [7, 11) is 1.66. The first-order valence-corrected chi connectivity index (χ1v) is 9.05. The summed E-state index contributed by atoms with van der Waals surface area (Å²) in [4.78, 5) is 0. The monoisotopic (exact) mass is 368 g/mol. The van der Waals surface area contributed by atoms with E-state index < -0.39 is 0 Å². The van der Waals surface area contributed by atoms with Crippen LogP contribution in [0.5, 0.6) is 5.75 Å². The third kappa shape index (κ3) is 3.01. The van der Waals surface area contributed by atoms with Gasteiger partial charge in [-0.1, -0.05) is 48.5 Å². The highest BCUT2D eigenvalue weighted by Gasteiger charge is 2.12. The number of phenols is 1. The van der Waals surface area contributed by atoms with Gasteiger partial charge >= 0.3 is 0 Å².